The fourth-order valence-electron chi connectivity index (χ4n) is 2.55. The van der Waals surface area contributed by atoms with Crippen LogP contribution in [-0.2, 0) is 13.0 Å². The molecule has 1 heterocycles. The van der Waals surface area contributed by atoms with Crippen LogP contribution < -0.4 is 20.1 Å². The topological polar surface area (TPSA) is 67.8 Å². The van der Waals surface area contributed by atoms with Crippen LogP contribution in [0.3, 0.4) is 0 Å². The Balaban J connectivity index is 0.00000392. The highest BCUT2D eigenvalue weighted by molar-refractivity contribution is 14.0. The van der Waals surface area contributed by atoms with Gasteiger partial charge in [-0.15, -0.1) is 35.3 Å². The van der Waals surface area contributed by atoms with Gasteiger partial charge in [-0.3, -0.25) is 0 Å². The fourth-order valence-corrected chi connectivity index (χ4v) is 3.27. The minimum Gasteiger partial charge on any atom is -0.490 e. The van der Waals surface area contributed by atoms with Gasteiger partial charge in [-0.25, -0.2) is 9.98 Å². The van der Waals surface area contributed by atoms with Crippen LogP contribution in [0.1, 0.15) is 36.2 Å². The number of benzene rings is 1. The zero-order valence-electron chi connectivity index (χ0n) is 17.1. The van der Waals surface area contributed by atoms with Crippen molar-refractivity contribution in [3.8, 4) is 11.5 Å². The van der Waals surface area contributed by atoms with E-state index >= 15 is 0 Å². The molecule has 1 aromatic carbocycles. The first kappa shape index (κ1) is 24.5. The molecule has 0 saturated heterocycles. The average Bonchev–Trinajstić information content (AvgIpc) is 3.07. The number of hydrogen-bond acceptors (Lipinski definition) is 5. The van der Waals surface area contributed by atoms with Crippen molar-refractivity contribution < 1.29 is 9.47 Å². The molecular weight excluding hydrogens is 487 g/mol. The van der Waals surface area contributed by atoms with E-state index in [0.29, 0.717) is 19.8 Å². The van der Waals surface area contributed by atoms with Crippen LogP contribution in [0.25, 0.3) is 0 Å². The Bertz CT molecular complexity index is 737. The molecule has 6 nitrogen and oxygen atoms in total. The molecule has 0 unspecified atom stereocenters. The Labute approximate surface area is 189 Å². The highest BCUT2D eigenvalue weighted by Crippen LogP contribution is 2.28. The van der Waals surface area contributed by atoms with Crippen LogP contribution in [0.5, 0.6) is 11.5 Å². The molecule has 2 rings (SSSR count). The van der Waals surface area contributed by atoms with Crippen LogP contribution >= 0.6 is 35.3 Å². The number of aryl methyl sites for hydroxylation is 1. The van der Waals surface area contributed by atoms with E-state index in [1.165, 1.54) is 5.56 Å². The third-order valence-electron chi connectivity index (χ3n) is 3.72. The van der Waals surface area contributed by atoms with Crippen LogP contribution in [0.2, 0.25) is 0 Å². The molecule has 0 aliphatic rings. The Hall–Kier alpha value is -1.55. The van der Waals surface area contributed by atoms with Gasteiger partial charge in [0.05, 0.1) is 24.8 Å². The summed E-state index contributed by atoms with van der Waals surface area (Å²) in [5.74, 6) is 2.42. The van der Waals surface area contributed by atoms with Gasteiger partial charge in [0, 0.05) is 24.2 Å². The van der Waals surface area contributed by atoms with Gasteiger partial charge >= 0.3 is 0 Å². The summed E-state index contributed by atoms with van der Waals surface area (Å²) >= 11 is 1.68. The van der Waals surface area contributed by atoms with Gasteiger partial charge < -0.3 is 20.1 Å². The maximum absolute atomic E-state index is 5.70. The van der Waals surface area contributed by atoms with E-state index in [-0.39, 0.29) is 24.0 Å². The molecule has 0 aliphatic carbocycles. The Morgan fingerprint density at radius 2 is 1.86 bits per heavy atom. The molecule has 0 atom stereocenters. The number of rotatable bonds is 10. The molecule has 0 bridgehead atoms. The number of nitrogens with one attached hydrogen (secondary N) is 2. The first-order chi connectivity index (χ1) is 13.2. The normalized spacial score (nSPS) is 10.9. The largest absolute Gasteiger partial charge is 0.490 e. The zero-order valence-corrected chi connectivity index (χ0v) is 20.2. The molecule has 0 aliphatic heterocycles. The number of halogens is 1. The minimum atomic E-state index is 0. The lowest BCUT2D eigenvalue weighted by Gasteiger charge is -2.14. The first-order valence-corrected chi connectivity index (χ1v) is 10.3. The molecule has 0 fully saturated rings. The quantitative estimate of drug-likeness (QED) is 0.281. The number of guanidine groups is 1. The van der Waals surface area contributed by atoms with Gasteiger partial charge in [0.2, 0.25) is 0 Å². The minimum absolute atomic E-state index is 0. The maximum Gasteiger partial charge on any atom is 0.191 e. The van der Waals surface area contributed by atoms with E-state index in [1.54, 1.807) is 11.3 Å². The summed E-state index contributed by atoms with van der Waals surface area (Å²) in [6.07, 6.45) is 2.76. The Kier molecular flexibility index (Phi) is 11.9. The van der Waals surface area contributed by atoms with Crippen LogP contribution in [0.4, 0.5) is 0 Å². The number of ether oxygens (including phenoxy) is 2. The molecule has 2 N–H and O–H groups in total. The summed E-state index contributed by atoms with van der Waals surface area (Å²) in [4.78, 5) is 10.1. The van der Waals surface area contributed by atoms with Gasteiger partial charge in [-0.2, -0.15) is 0 Å². The van der Waals surface area contributed by atoms with Gasteiger partial charge in [0.15, 0.2) is 17.5 Å². The summed E-state index contributed by atoms with van der Waals surface area (Å²) in [5, 5.41) is 7.74. The van der Waals surface area contributed by atoms with Gasteiger partial charge in [0.1, 0.15) is 0 Å². The fraction of sp³-hybridized carbons (Fsp3) is 0.500. The number of aliphatic imine (C=N–C) groups is 1. The van der Waals surface area contributed by atoms with Crippen molar-refractivity contribution in [2.75, 3.05) is 26.3 Å². The van der Waals surface area contributed by atoms with Crippen molar-refractivity contribution >= 4 is 41.3 Å². The van der Waals surface area contributed by atoms with Crippen LogP contribution in [-0.4, -0.2) is 37.2 Å². The van der Waals surface area contributed by atoms with E-state index in [0.717, 1.165) is 46.9 Å². The second kappa shape index (κ2) is 13.6. The van der Waals surface area contributed by atoms with Crippen molar-refractivity contribution in [2.45, 2.75) is 40.7 Å². The SMILES string of the molecule is CCNC(=NCc1cnc(C)s1)NCCc1ccc(OCC)c(OCC)c1.I. The van der Waals surface area contributed by atoms with Crippen LogP contribution in [0.15, 0.2) is 29.4 Å². The van der Waals surface area contributed by atoms with Crippen molar-refractivity contribution in [1.29, 1.82) is 0 Å². The molecule has 0 spiro atoms. The lowest BCUT2D eigenvalue weighted by Crippen LogP contribution is -2.38. The maximum atomic E-state index is 5.70. The highest BCUT2D eigenvalue weighted by Gasteiger charge is 2.06. The molecule has 0 amide bonds. The van der Waals surface area contributed by atoms with E-state index in [9.17, 15) is 0 Å². The summed E-state index contributed by atoms with van der Waals surface area (Å²) in [6.45, 7) is 11.5. The molecule has 8 heteroatoms. The molecule has 156 valence electrons. The second-order valence-electron chi connectivity index (χ2n) is 5.86. The van der Waals surface area contributed by atoms with E-state index in [4.69, 9.17) is 9.47 Å². The molecule has 2 aromatic rings. The van der Waals surface area contributed by atoms with Crippen molar-refractivity contribution in [1.82, 2.24) is 15.6 Å². The van der Waals surface area contributed by atoms with Gasteiger partial charge in [0.25, 0.3) is 0 Å². The lowest BCUT2D eigenvalue weighted by atomic mass is 10.1. The Morgan fingerprint density at radius 3 is 2.50 bits per heavy atom. The van der Waals surface area contributed by atoms with Gasteiger partial charge in [-0.05, 0) is 51.8 Å². The number of aromatic nitrogens is 1. The summed E-state index contributed by atoms with van der Waals surface area (Å²) < 4.78 is 11.3. The third-order valence-corrected chi connectivity index (χ3v) is 4.62. The summed E-state index contributed by atoms with van der Waals surface area (Å²) in [6, 6.07) is 6.12. The third kappa shape index (κ3) is 8.22. The highest BCUT2D eigenvalue weighted by atomic mass is 127. The molecule has 0 saturated carbocycles. The molecular formula is C20H31IN4O2S. The predicted molar refractivity (Wildman–Crippen MR) is 128 cm³/mol. The van der Waals surface area contributed by atoms with Crippen molar-refractivity contribution in [3.05, 3.63) is 39.8 Å². The zero-order chi connectivity index (χ0) is 19.5. The first-order valence-electron chi connectivity index (χ1n) is 9.48. The number of thiazole rings is 1. The standard InChI is InChI=1S/C20H30N4O2S.HI/c1-5-21-20(24-14-17-13-23-15(4)27-17)22-11-10-16-8-9-18(25-6-2)19(12-16)26-7-3;/h8-9,12-13H,5-7,10-11,14H2,1-4H3,(H2,21,22,24);1H. The van der Waals surface area contributed by atoms with E-state index in [1.807, 2.05) is 33.0 Å². The second-order valence-corrected chi connectivity index (χ2v) is 7.18. The molecule has 28 heavy (non-hydrogen) atoms. The smallest absolute Gasteiger partial charge is 0.191 e. The number of nitrogens with zero attached hydrogens (tertiary/aromatic N) is 2. The van der Waals surface area contributed by atoms with E-state index in [2.05, 4.69) is 39.7 Å². The molecule has 1 aromatic heterocycles. The van der Waals surface area contributed by atoms with Gasteiger partial charge in [-0.1, -0.05) is 6.07 Å². The summed E-state index contributed by atoms with van der Waals surface area (Å²) in [7, 11) is 0. The molecule has 0 radical (unpaired) electrons. The van der Waals surface area contributed by atoms with Crippen LogP contribution in [0, 0.1) is 6.92 Å². The Morgan fingerprint density at radius 1 is 1.11 bits per heavy atom. The van der Waals surface area contributed by atoms with E-state index < -0.39 is 0 Å². The van der Waals surface area contributed by atoms with Crippen molar-refractivity contribution in [2.24, 2.45) is 4.99 Å². The van der Waals surface area contributed by atoms with Crippen molar-refractivity contribution in [3.63, 3.8) is 0 Å². The average molecular weight is 518 g/mol. The lowest BCUT2D eigenvalue weighted by molar-refractivity contribution is 0.287. The monoisotopic (exact) mass is 518 g/mol. The number of hydrogen-bond donors (Lipinski definition) is 2. The summed E-state index contributed by atoms with van der Waals surface area (Å²) in [5.41, 5.74) is 1.20. The predicted octanol–water partition coefficient (Wildman–Crippen LogP) is 4.16.